The van der Waals surface area contributed by atoms with Crippen molar-refractivity contribution in [3.05, 3.63) is 29.3 Å². The maximum atomic E-state index is 11.0. The molecule has 13 heavy (non-hydrogen) atoms. The Morgan fingerprint density at radius 1 is 1.46 bits per heavy atom. The molecule has 0 bridgehead atoms. The quantitative estimate of drug-likeness (QED) is 0.533. The third-order valence-corrected chi connectivity index (χ3v) is 2.62. The number of nitrogens with zero attached hydrogens (tertiary/aromatic N) is 1. The van der Waals surface area contributed by atoms with Gasteiger partial charge in [-0.25, -0.2) is 10.5 Å². The zero-order valence-electron chi connectivity index (χ0n) is 6.52. The number of carbonyl (C=O) groups is 1. The number of rotatable bonds is 1. The molecule has 0 atom stereocenters. The summed E-state index contributed by atoms with van der Waals surface area (Å²) in [5.74, 6) is -0.568. The molecular weight excluding hydrogens is 188 g/mol. The van der Waals surface area contributed by atoms with Crippen LogP contribution in [0.25, 0.3) is 10.2 Å². The minimum absolute atomic E-state index is 0.267. The molecule has 0 spiro atoms. The van der Waals surface area contributed by atoms with Crippen LogP contribution in [0.2, 0.25) is 0 Å². The Balaban J connectivity index is 2.56. The highest BCUT2D eigenvalue weighted by molar-refractivity contribution is 7.20. The number of hydrogen-bond acceptors (Lipinski definition) is 4. The number of fused-ring (bicyclic) bond motifs is 1. The molecular formula is C8H6N2O2S. The van der Waals surface area contributed by atoms with Crippen molar-refractivity contribution in [2.45, 2.75) is 0 Å². The first kappa shape index (κ1) is 8.15. The number of amides is 1. The molecule has 0 unspecified atom stereocenters. The molecule has 2 N–H and O–H groups in total. The van der Waals surface area contributed by atoms with E-state index < -0.39 is 5.91 Å². The van der Waals surface area contributed by atoms with E-state index >= 15 is 0 Å². The van der Waals surface area contributed by atoms with E-state index in [-0.39, 0.29) is 5.01 Å². The first-order chi connectivity index (χ1) is 6.31. The Labute approximate surface area is 77.8 Å². The van der Waals surface area contributed by atoms with Crippen molar-refractivity contribution in [2.24, 2.45) is 0 Å². The number of hydroxylamine groups is 1. The van der Waals surface area contributed by atoms with Crippen molar-refractivity contribution in [1.82, 2.24) is 10.5 Å². The average Bonchev–Trinajstić information content (AvgIpc) is 2.59. The normalized spacial score (nSPS) is 10.2. The summed E-state index contributed by atoms with van der Waals surface area (Å²) in [6, 6.07) is 7.42. The van der Waals surface area contributed by atoms with Crippen LogP contribution >= 0.6 is 11.3 Å². The van der Waals surface area contributed by atoms with Gasteiger partial charge in [-0.1, -0.05) is 12.1 Å². The predicted molar refractivity (Wildman–Crippen MR) is 48.9 cm³/mol. The highest BCUT2D eigenvalue weighted by atomic mass is 32.1. The van der Waals surface area contributed by atoms with Crippen LogP contribution in [0.3, 0.4) is 0 Å². The molecule has 0 fully saturated rings. The molecule has 0 saturated carbocycles. The highest BCUT2D eigenvalue weighted by Crippen LogP contribution is 2.20. The molecule has 1 aromatic carbocycles. The summed E-state index contributed by atoms with van der Waals surface area (Å²) in [7, 11) is 0. The summed E-state index contributed by atoms with van der Waals surface area (Å²) in [6.45, 7) is 0. The van der Waals surface area contributed by atoms with Crippen molar-refractivity contribution in [1.29, 1.82) is 0 Å². The lowest BCUT2D eigenvalue weighted by Crippen LogP contribution is -2.17. The smallest absolute Gasteiger partial charge is 0.288 e. The monoisotopic (exact) mass is 194 g/mol. The van der Waals surface area contributed by atoms with Crippen LogP contribution in [-0.4, -0.2) is 16.1 Å². The molecule has 1 heterocycles. The van der Waals surface area contributed by atoms with E-state index in [9.17, 15) is 4.79 Å². The standard InChI is InChI=1S/C8H6N2O2S/c11-7(10-12)8-9-5-3-1-2-4-6(5)13-8/h1-4,12H,(H,10,11). The summed E-state index contributed by atoms with van der Waals surface area (Å²) in [4.78, 5) is 15.0. The van der Waals surface area contributed by atoms with E-state index in [1.165, 1.54) is 11.3 Å². The van der Waals surface area contributed by atoms with Crippen molar-refractivity contribution < 1.29 is 10.0 Å². The molecule has 1 aromatic heterocycles. The second kappa shape index (κ2) is 3.12. The second-order valence-electron chi connectivity index (χ2n) is 2.43. The number of nitrogens with one attached hydrogen (secondary N) is 1. The van der Waals surface area contributed by atoms with E-state index in [1.807, 2.05) is 24.3 Å². The number of benzene rings is 1. The molecule has 0 radical (unpaired) electrons. The van der Waals surface area contributed by atoms with Gasteiger partial charge in [-0.05, 0) is 12.1 Å². The van der Waals surface area contributed by atoms with Gasteiger partial charge < -0.3 is 0 Å². The van der Waals surface area contributed by atoms with Crippen molar-refractivity contribution in [2.75, 3.05) is 0 Å². The fraction of sp³-hybridized carbons (Fsp3) is 0. The third kappa shape index (κ3) is 1.39. The van der Waals surface area contributed by atoms with Gasteiger partial charge in [0, 0.05) is 0 Å². The van der Waals surface area contributed by atoms with Crippen LogP contribution in [0.5, 0.6) is 0 Å². The van der Waals surface area contributed by atoms with Gasteiger partial charge in [0.25, 0.3) is 0 Å². The average molecular weight is 194 g/mol. The fourth-order valence-corrected chi connectivity index (χ4v) is 1.87. The van der Waals surface area contributed by atoms with Crippen LogP contribution in [0.15, 0.2) is 24.3 Å². The molecule has 5 heteroatoms. The van der Waals surface area contributed by atoms with E-state index in [1.54, 1.807) is 5.48 Å². The van der Waals surface area contributed by atoms with Gasteiger partial charge in [0.05, 0.1) is 10.2 Å². The van der Waals surface area contributed by atoms with Crippen LogP contribution in [0, 0.1) is 0 Å². The van der Waals surface area contributed by atoms with Crippen molar-refractivity contribution in [3.8, 4) is 0 Å². The van der Waals surface area contributed by atoms with Crippen molar-refractivity contribution in [3.63, 3.8) is 0 Å². The molecule has 0 saturated heterocycles. The maximum Gasteiger partial charge on any atom is 0.303 e. The van der Waals surface area contributed by atoms with Gasteiger partial charge in [0.2, 0.25) is 0 Å². The lowest BCUT2D eigenvalue weighted by Gasteiger charge is -1.88. The summed E-state index contributed by atoms with van der Waals surface area (Å²) in [5, 5.41) is 8.65. The number of thiazole rings is 1. The largest absolute Gasteiger partial charge is 0.303 e. The van der Waals surface area contributed by atoms with Gasteiger partial charge in [-0.2, -0.15) is 0 Å². The Bertz CT molecular complexity index is 419. The van der Waals surface area contributed by atoms with Gasteiger partial charge >= 0.3 is 5.91 Å². The first-order valence-corrected chi connectivity index (χ1v) is 4.43. The van der Waals surface area contributed by atoms with E-state index in [2.05, 4.69) is 4.98 Å². The summed E-state index contributed by atoms with van der Waals surface area (Å²) in [5.41, 5.74) is 2.32. The molecule has 0 aliphatic rings. The Morgan fingerprint density at radius 2 is 2.23 bits per heavy atom. The summed E-state index contributed by atoms with van der Waals surface area (Å²) >= 11 is 1.25. The maximum absolute atomic E-state index is 11.0. The van der Waals surface area contributed by atoms with E-state index in [0.717, 1.165) is 10.2 Å². The molecule has 2 rings (SSSR count). The minimum Gasteiger partial charge on any atom is -0.288 e. The predicted octanol–water partition coefficient (Wildman–Crippen LogP) is 1.42. The molecule has 0 aliphatic heterocycles. The number of aromatic nitrogens is 1. The number of para-hydroxylation sites is 1. The Hall–Kier alpha value is -1.46. The highest BCUT2D eigenvalue weighted by Gasteiger charge is 2.09. The van der Waals surface area contributed by atoms with Crippen LogP contribution in [0.4, 0.5) is 0 Å². The van der Waals surface area contributed by atoms with Gasteiger partial charge in [-0.15, -0.1) is 11.3 Å². The zero-order valence-corrected chi connectivity index (χ0v) is 7.34. The first-order valence-electron chi connectivity index (χ1n) is 3.61. The summed E-state index contributed by atoms with van der Waals surface area (Å²) < 4.78 is 0.932. The third-order valence-electron chi connectivity index (χ3n) is 1.59. The summed E-state index contributed by atoms with van der Waals surface area (Å²) in [6.07, 6.45) is 0. The van der Waals surface area contributed by atoms with Crippen LogP contribution in [-0.2, 0) is 0 Å². The fourth-order valence-electron chi connectivity index (χ4n) is 1.02. The topological polar surface area (TPSA) is 62.2 Å². The molecule has 0 aliphatic carbocycles. The number of hydrogen-bond donors (Lipinski definition) is 2. The number of carbonyl (C=O) groups excluding carboxylic acids is 1. The minimum atomic E-state index is -0.568. The van der Waals surface area contributed by atoms with Gasteiger partial charge in [-0.3, -0.25) is 10.0 Å². The van der Waals surface area contributed by atoms with Crippen LogP contribution < -0.4 is 5.48 Å². The molecule has 1 amide bonds. The lowest BCUT2D eigenvalue weighted by atomic mass is 10.3. The Morgan fingerprint density at radius 3 is 2.92 bits per heavy atom. The molecule has 4 nitrogen and oxygen atoms in total. The van der Waals surface area contributed by atoms with Crippen LogP contribution in [0.1, 0.15) is 9.80 Å². The van der Waals surface area contributed by atoms with E-state index in [0.29, 0.717) is 0 Å². The lowest BCUT2D eigenvalue weighted by molar-refractivity contribution is 0.0706. The zero-order chi connectivity index (χ0) is 9.26. The second-order valence-corrected chi connectivity index (χ2v) is 3.46. The van der Waals surface area contributed by atoms with Gasteiger partial charge in [0.1, 0.15) is 0 Å². The molecule has 2 aromatic rings. The van der Waals surface area contributed by atoms with E-state index in [4.69, 9.17) is 5.21 Å². The molecule has 66 valence electrons. The van der Waals surface area contributed by atoms with Gasteiger partial charge in [0.15, 0.2) is 5.01 Å². The van der Waals surface area contributed by atoms with Crippen molar-refractivity contribution >= 4 is 27.5 Å². The SMILES string of the molecule is O=C(NO)c1nc2ccccc2s1. The Kier molecular flexibility index (Phi) is 1.96.